The molecule has 2 aromatic heterocycles. The Kier molecular flexibility index (Phi) is 4.53. The van der Waals surface area contributed by atoms with Gasteiger partial charge in [0.15, 0.2) is 0 Å². The van der Waals surface area contributed by atoms with Crippen molar-refractivity contribution in [2.24, 2.45) is 0 Å². The van der Waals surface area contributed by atoms with Gasteiger partial charge in [-0.25, -0.2) is 4.98 Å². The molecule has 0 spiro atoms. The van der Waals surface area contributed by atoms with Gasteiger partial charge in [0, 0.05) is 39.0 Å². The molecule has 0 fully saturated rings. The van der Waals surface area contributed by atoms with Crippen LogP contribution in [0.3, 0.4) is 0 Å². The lowest BCUT2D eigenvalue weighted by atomic mass is 9.96. The number of benzene rings is 5. The molecule has 0 bridgehead atoms. The summed E-state index contributed by atoms with van der Waals surface area (Å²) in [5, 5.41) is 9.33. The number of fused-ring (bicyclic) bond motifs is 8. The second-order valence-corrected chi connectivity index (χ2v) is 9.92. The van der Waals surface area contributed by atoms with E-state index in [-0.39, 0.29) is 6.17 Å². The first-order valence-electron chi connectivity index (χ1n) is 13.2. The third-order valence-electron chi connectivity index (χ3n) is 7.84. The fourth-order valence-electron chi connectivity index (χ4n) is 6.12. The van der Waals surface area contributed by atoms with Crippen LogP contribution in [0.25, 0.3) is 54.9 Å². The van der Waals surface area contributed by atoms with Gasteiger partial charge in [0.1, 0.15) is 17.3 Å². The summed E-state index contributed by atoms with van der Waals surface area (Å²) in [6, 6.07) is 38.4. The predicted molar refractivity (Wildman–Crippen MR) is 158 cm³/mol. The van der Waals surface area contributed by atoms with E-state index in [0.29, 0.717) is 0 Å². The molecule has 4 nitrogen and oxygen atoms in total. The highest BCUT2D eigenvalue weighted by atomic mass is 16.3. The van der Waals surface area contributed by atoms with Crippen molar-refractivity contribution in [1.29, 1.82) is 0 Å². The lowest BCUT2D eigenvalue weighted by molar-refractivity contribution is 0.673. The van der Waals surface area contributed by atoms with E-state index in [2.05, 4.69) is 114 Å². The molecule has 3 heterocycles. The van der Waals surface area contributed by atoms with E-state index < -0.39 is 0 Å². The van der Waals surface area contributed by atoms with Crippen LogP contribution < -0.4 is 10.2 Å². The molecule has 0 aliphatic carbocycles. The van der Waals surface area contributed by atoms with Gasteiger partial charge in [-0.1, -0.05) is 72.8 Å². The third kappa shape index (κ3) is 3.00. The molecule has 1 N–H and O–H groups in total. The van der Waals surface area contributed by atoms with Crippen LogP contribution in [0.5, 0.6) is 0 Å². The van der Waals surface area contributed by atoms with E-state index >= 15 is 0 Å². The zero-order chi connectivity index (χ0) is 25.2. The monoisotopic (exact) mass is 491 g/mol. The second kappa shape index (κ2) is 8.09. The summed E-state index contributed by atoms with van der Waals surface area (Å²) in [5.74, 6) is 0. The van der Waals surface area contributed by atoms with Crippen LogP contribution in [0.2, 0.25) is 0 Å². The number of nitrogens with zero attached hydrogens (tertiary/aromatic N) is 2. The van der Waals surface area contributed by atoms with Crippen molar-refractivity contribution in [2.75, 3.05) is 16.8 Å². The van der Waals surface area contributed by atoms with E-state index in [1.807, 2.05) is 12.1 Å². The molecule has 0 saturated heterocycles. The van der Waals surface area contributed by atoms with E-state index in [1.54, 1.807) is 0 Å². The fourth-order valence-corrected chi connectivity index (χ4v) is 6.12. The lowest BCUT2D eigenvalue weighted by Crippen LogP contribution is -2.27. The third-order valence-corrected chi connectivity index (χ3v) is 7.84. The van der Waals surface area contributed by atoms with Crippen molar-refractivity contribution in [3.63, 3.8) is 0 Å². The Morgan fingerprint density at radius 3 is 2.47 bits per heavy atom. The van der Waals surface area contributed by atoms with Crippen LogP contribution in [0.15, 0.2) is 114 Å². The summed E-state index contributed by atoms with van der Waals surface area (Å²) in [5.41, 5.74) is 8.50. The fraction of sp³-hybridized carbons (Fsp3) is 0.0882. The van der Waals surface area contributed by atoms with Crippen molar-refractivity contribution in [2.45, 2.75) is 13.1 Å². The van der Waals surface area contributed by atoms with Gasteiger partial charge in [-0.15, -0.1) is 0 Å². The summed E-state index contributed by atoms with van der Waals surface area (Å²) in [6.07, 6.45) is 0.0751. The van der Waals surface area contributed by atoms with Crippen molar-refractivity contribution >= 4 is 55.0 Å². The van der Waals surface area contributed by atoms with E-state index in [4.69, 9.17) is 9.40 Å². The van der Waals surface area contributed by atoms with Gasteiger partial charge in [-0.2, -0.15) is 0 Å². The molecular weight excluding hydrogens is 466 g/mol. The number of pyridine rings is 1. The van der Waals surface area contributed by atoms with Crippen molar-refractivity contribution < 1.29 is 4.42 Å². The Balaban J connectivity index is 1.37. The average molecular weight is 492 g/mol. The summed E-state index contributed by atoms with van der Waals surface area (Å²) in [7, 11) is 0. The van der Waals surface area contributed by atoms with Gasteiger partial charge >= 0.3 is 0 Å². The summed E-state index contributed by atoms with van der Waals surface area (Å²) < 4.78 is 6.49. The zero-order valence-electron chi connectivity index (χ0n) is 21.0. The van der Waals surface area contributed by atoms with Crippen LogP contribution in [-0.2, 0) is 0 Å². The predicted octanol–water partition coefficient (Wildman–Crippen LogP) is 8.90. The summed E-state index contributed by atoms with van der Waals surface area (Å²) in [4.78, 5) is 7.62. The number of nitrogens with one attached hydrogen (secondary N) is 1. The highest BCUT2D eigenvalue weighted by Crippen LogP contribution is 2.43. The van der Waals surface area contributed by atoms with Gasteiger partial charge in [-0.3, -0.25) is 0 Å². The molecular formula is C34H25N3O. The first-order valence-corrected chi connectivity index (χ1v) is 13.2. The first-order chi connectivity index (χ1) is 18.8. The minimum Gasteiger partial charge on any atom is -0.455 e. The molecule has 1 atom stereocenters. The summed E-state index contributed by atoms with van der Waals surface area (Å²) in [6.45, 7) is 3.12. The van der Waals surface area contributed by atoms with E-state index in [9.17, 15) is 0 Å². The maximum absolute atomic E-state index is 6.49. The number of aromatic nitrogens is 1. The topological polar surface area (TPSA) is 41.3 Å². The van der Waals surface area contributed by atoms with Gasteiger partial charge in [0.2, 0.25) is 0 Å². The molecule has 1 aliphatic rings. The Morgan fingerprint density at radius 2 is 1.55 bits per heavy atom. The van der Waals surface area contributed by atoms with Crippen molar-refractivity contribution in [1.82, 2.24) is 4.98 Å². The second-order valence-electron chi connectivity index (χ2n) is 9.92. The van der Waals surface area contributed by atoms with Crippen LogP contribution in [0, 0.1) is 0 Å². The van der Waals surface area contributed by atoms with Gasteiger partial charge < -0.3 is 14.6 Å². The highest BCUT2D eigenvalue weighted by Gasteiger charge is 2.28. The smallest absolute Gasteiger partial charge is 0.144 e. The Hall–Kier alpha value is -4.83. The van der Waals surface area contributed by atoms with Crippen LogP contribution >= 0.6 is 0 Å². The molecule has 5 aromatic carbocycles. The number of anilines is 2. The number of rotatable bonds is 3. The van der Waals surface area contributed by atoms with Crippen LogP contribution in [0.4, 0.5) is 11.4 Å². The quantitative estimate of drug-likeness (QED) is 0.251. The standard InChI is InChI=1S/C34H25N3O/c1-2-37-29-16-7-6-15-28(29)36-34(37)22-11-9-10-21(20-22)32-26-19-18-24-23-12-4-8-17-30(23)38-33(24)31(26)25-13-3-5-14-27(25)35-32/h3-20,34,36H,2H2,1H3. The molecule has 0 amide bonds. The molecule has 7 aromatic rings. The molecule has 0 radical (unpaired) electrons. The van der Waals surface area contributed by atoms with E-state index in [1.165, 1.54) is 16.9 Å². The SMILES string of the molecule is CCN1c2ccccc2NC1c1cccc(-c2nc3ccccc3c3c2ccc2c4ccccc4oc23)c1. The maximum atomic E-state index is 6.49. The summed E-state index contributed by atoms with van der Waals surface area (Å²) >= 11 is 0. The van der Waals surface area contributed by atoms with Gasteiger partial charge in [0.25, 0.3) is 0 Å². The number of hydrogen-bond acceptors (Lipinski definition) is 4. The zero-order valence-corrected chi connectivity index (χ0v) is 21.0. The van der Waals surface area contributed by atoms with Crippen LogP contribution in [0.1, 0.15) is 18.7 Å². The first kappa shape index (κ1) is 21.3. The number of para-hydroxylation sites is 4. The van der Waals surface area contributed by atoms with Crippen molar-refractivity contribution in [3.05, 3.63) is 115 Å². The Morgan fingerprint density at radius 1 is 0.763 bits per heavy atom. The molecule has 0 saturated carbocycles. The Bertz CT molecular complexity index is 2020. The molecule has 4 heteroatoms. The molecule has 1 aliphatic heterocycles. The molecule has 8 rings (SSSR count). The number of furan rings is 1. The molecule has 38 heavy (non-hydrogen) atoms. The average Bonchev–Trinajstić information content (AvgIpc) is 3.55. The van der Waals surface area contributed by atoms with Gasteiger partial charge in [-0.05, 0) is 48.9 Å². The minimum atomic E-state index is 0.0751. The molecule has 1 unspecified atom stereocenters. The minimum absolute atomic E-state index is 0.0751. The highest BCUT2D eigenvalue weighted by molar-refractivity contribution is 6.24. The molecule has 182 valence electrons. The lowest BCUT2D eigenvalue weighted by Gasteiger charge is -2.26. The van der Waals surface area contributed by atoms with E-state index in [0.717, 1.165) is 61.4 Å². The van der Waals surface area contributed by atoms with Gasteiger partial charge in [0.05, 0.1) is 22.6 Å². The van der Waals surface area contributed by atoms with Crippen molar-refractivity contribution in [3.8, 4) is 11.3 Å². The van der Waals surface area contributed by atoms with Crippen LogP contribution in [-0.4, -0.2) is 11.5 Å². The normalized spacial score (nSPS) is 15.0. The maximum Gasteiger partial charge on any atom is 0.144 e. The number of hydrogen-bond donors (Lipinski definition) is 1. The Labute approximate surface area is 220 Å². The largest absolute Gasteiger partial charge is 0.455 e.